The molecular weight excluding hydrogens is 394 g/mol. The highest BCUT2D eigenvalue weighted by Gasteiger charge is 2.46. The van der Waals surface area contributed by atoms with Crippen molar-refractivity contribution < 1.29 is 14.3 Å². The van der Waals surface area contributed by atoms with Crippen LogP contribution in [0.25, 0.3) is 11.4 Å². The normalized spacial score (nSPS) is 20.3. The Morgan fingerprint density at radius 3 is 2.65 bits per heavy atom. The Morgan fingerprint density at radius 2 is 2.00 bits per heavy atom. The smallest absolute Gasteiger partial charge is 0.409 e. The minimum atomic E-state index is -0.334. The molecule has 0 saturated heterocycles. The van der Waals surface area contributed by atoms with E-state index in [4.69, 9.17) is 9.47 Å². The van der Waals surface area contributed by atoms with Gasteiger partial charge in [-0.15, -0.1) is 5.10 Å². The Bertz CT molecular complexity index is 902. The molecule has 0 aromatic carbocycles. The van der Waals surface area contributed by atoms with E-state index in [-0.39, 0.29) is 18.8 Å². The van der Waals surface area contributed by atoms with Gasteiger partial charge in [-0.05, 0) is 55.6 Å². The number of hydrogen-bond donors (Lipinski definition) is 0. The lowest BCUT2D eigenvalue weighted by Crippen LogP contribution is -2.30. The van der Waals surface area contributed by atoms with E-state index in [9.17, 15) is 4.79 Å². The summed E-state index contributed by atoms with van der Waals surface area (Å²) >= 11 is 0. The molecule has 0 radical (unpaired) electrons. The summed E-state index contributed by atoms with van der Waals surface area (Å²) in [6, 6.07) is 3.81. The van der Waals surface area contributed by atoms with Gasteiger partial charge in [-0.25, -0.2) is 9.48 Å². The van der Waals surface area contributed by atoms with Gasteiger partial charge in [0.25, 0.3) is 0 Å². The molecule has 0 bridgehead atoms. The first-order valence-corrected chi connectivity index (χ1v) is 11.2. The van der Waals surface area contributed by atoms with Crippen LogP contribution in [0.3, 0.4) is 0 Å². The zero-order valence-electron chi connectivity index (χ0n) is 19.0. The number of ether oxygens (including phenoxy) is 2. The third kappa shape index (κ3) is 5.17. The highest BCUT2D eigenvalue weighted by atomic mass is 16.6. The van der Waals surface area contributed by atoms with Gasteiger partial charge in [-0.1, -0.05) is 25.5 Å². The van der Waals surface area contributed by atoms with Crippen LogP contribution in [0.15, 0.2) is 18.3 Å². The van der Waals surface area contributed by atoms with Crippen molar-refractivity contribution in [1.82, 2.24) is 24.9 Å². The van der Waals surface area contributed by atoms with Gasteiger partial charge in [-0.2, -0.15) is 0 Å². The third-order valence-electron chi connectivity index (χ3n) is 6.63. The molecule has 0 N–H and O–H groups in total. The summed E-state index contributed by atoms with van der Waals surface area (Å²) in [6.07, 6.45) is 8.79. The predicted molar refractivity (Wildman–Crippen MR) is 116 cm³/mol. The molecule has 1 amide bonds. The van der Waals surface area contributed by atoms with E-state index >= 15 is 0 Å². The van der Waals surface area contributed by atoms with E-state index in [1.165, 1.54) is 19.3 Å². The molecule has 8 nitrogen and oxygen atoms in total. The number of aryl methyl sites for hydroxylation is 1. The SMILES string of the molecule is CN(CC1CC1(C)C)C(=O)OCc1c(-c2ccc(OC3CCCCC3)cn2)nnn1C. The highest BCUT2D eigenvalue weighted by Crippen LogP contribution is 2.51. The van der Waals surface area contributed by atoms with Crippen LogP contribution >= 0.6 is 0 Å². The van der Waals surface area contributed by atoms with Crippen molar-refractivity contribution in [2.75, 3.05) is 13.6 Å². The molecule has 2 heterocycles. The molecule has 2 aliphatic rings. The van der Waals surface area contributed by atoms with E-state index in [2.05, 4.69) is 29.1 Å². The maximum atomic E-state index is 12.4. The van der Waals surface area contributed by atoms with Gasteiger partial charge < -0.3 is 14.4 Å². The summed E-state index contributed by atoms with van der Waals surface area (Å²) < 4.78 is 13.2. The van der Waals surface area contributed by atoms with Gasteiger partial charge >= 0.3 is 6.09 Å². The van der Waals surface area contributed by atoms with Crippen LogP contribution in [0.5, 0.6) is 5.75 Å². The van der Waals surface area contributed by atoms with E-state index < -0.39 is 0 Å². The summed E-state index contributed by atoms with van der Waals surface area (Å²) in [6.45, 7) is 5.26. The van der Waals surface area contributed by atoms with Crippen molar-refractivity contribution in [3.05, 3.63) is 24.0 Å². The quantitative estimate of drug-likeness (QED) is 0.658. The first kappa shape index (κ1) is 21.6. The number of pyridine rings is 1. The Labute approximate surface area is 183 Å². The van der Waals surface area contributed by atoms with Crippen molar-refractivity contribution in [3.8, 4) is 17.1 Å². The fraction of sp³-hybridized carbons (Fsp3) is 0.652. The first-order chi connectivity index (χ1) is 14.8. The molecule has 1 unspecified atom stereocenters. The van der Waals surface area contributed by atoms with Gasteiger partial charge in [0.2, 0.25) is 0 Å². The molecule has 2 saturated carbocycles. The molecular formula is C23H33N5O3. The lowest BCUT2D eigenvalue weighted by atomic mass is 9.98. The van der Waals surface area contributed by atoms with Crippen molar-refractivity contribution in [2.24, 2.45) is 18.4 Å². The van der Waals surface area contributed by atoms with Gasteiger partial charge in [0.1, 0.15) is 23.7 Å². The van der Waals surface area contributed by atoms with Crippen LogP contribution in [-0.2, 0) is 18.4 Å². The fourth-order valence-electron chi connectivity index (χ4n) is 4.24. The molecule has 31 heavy (non-hydrogen) atoms. The van der Waals surface area contributed by atoms with E-state index in [1.807, 2.05) is 12.1 Å². The van der Waals surface area contributed by atoms with Crippen molar-refractivity contribution in [2.45, 2.75) is 65.1 Å². The molecule has 2 aromatic rings. The van der Waals surface area contributed by atoms with Gasteiger partial charge in [0, 0.05) is 20.6 Å². The lowest BCUT2D eigenvalue weighted by molar-refractivity contribution is 0.100. The number of rotatable bonds is 7. The van der Waals surface area contributed by atoms with Crippen LogP contribution in [-0.4, -0.2) is 50.7 Å². The summed E-state index contributed by atoms with van der Waals surface area (Å²) in [7, 11) is 3.57. The molecule has 1 atom stereocenters. The minimum absolute atomic E-state index is 0.0953. The first-order valence-electron chi connectivity index (χ1n) is 11.2. The van der Waals surface area contributed by atoms with Gasteiger partial charge in [0.05, 0.1) is 18.0 Å². The highest BCUT2D eigenvalue weighted by molar-refractivity contribution is 5.67. The maximum absolute atomic E-state index is 12.4. The van der Waals surface area contributed by atoms with Crippen LogP contribution in [0.2, 0.25) is 0 Å². The maximum Gasteiger partial charge on any atom is 0.409 e. The monoisotopic (exact) mass is 427 g/mol. The Morgan fingerprint density at radius 1 is 1.26 bits per heavy atom. The zero-order chi connectivity index (χ0) is 22.0. The molecule has 2 aromatic heterocycles. The summed E-state index contributed by atoms with van der Waals surface area (Å²) in [4.78, 5) is 18.6. The molecule has 168 valence electrons. The molecule has 0 aliphatic heterocycles. The van der Waals surface area contributed by atoms with Crippen LogP contribution < -0.4 is 4.74 Å². The Kier molecular flexibility index (Phi) is 6.16. The fourth-order valence-corrected chi connectivity index (χ4v) is 4.24. The van der Waals surface area contributed by atoms with Crippen LogP contribution in [0.1, 0.15) is 58.1 Å². The van der Waals surface area contributed by atoms with Crippen LogP contribution in [0.4, 0.5) is 4.79 Å². The summed E-state index contributed by atoms with van der Waals surface area (Å²) in [5, 5.41) is 8.34. The van der Waals surface area contributed by atoms with E-state index in [0.717, 1.165) is 25.0 Å². The third-order valence-corrected chi connectivity index (χ3v) is 6.63. The molecule has 0 spiro atoms. The number of aromatic nitrogens is 4. The van der Waals surface area contributed by atoms with Gasteiger partial charge in [-0.3, -0.25) is 4.98 Å². The minimum Gasteiger partial charge on any atom is -0.489 e. The summed E-state index contributed by atoms with van der Waals surface area (Å²) in [5.41, 5.74) is 2.34. The molecule has 4 rings (SSSR count). The van der Waals surface area contributed by atoms with Crippen LogP contribution in [0, 0.1) is 11.3 Å². The average Bonchev–Trinajstić information content (AvgIpc) is 3.18. The number of carbonyl (C=O) groups excluding carboxylic acids is 1. The van der Waals surface area contributed by atoms with Crippen molar-refractivity contribution in [3.63, 3.8) is 0 Å². The molecule has 2 aliphatic carbocycles. The van der Waals surface area contributed by atoms with Crippen molar-refractivity contribution in [1.29, 1.82) is 0 Å². The Balaban J connectivity index is 1.36. The standard InChI is InChI=1S/C23H33N5O3/c1-23(2)12-16(23)14-27(3)22(29)30-15-20-21(25-26-28(20)4)19-11-10-18(13-24-19)31-17-8-6-5-7-9-17/h10-11,13,16-17H,5-9,12,14-15H2,1-4H3. The van der Waals surface area contributed by atoms with E-state index in [1.54, 1.807) is 29.9 Å². The van der Waals surface area contributed by atoms with Gasteiger partial charge in [0.15, 0.2) is 0 Å². The number of nitrogens with zero attached hydrogens (tertiary/aromatic N) is 5. The second-order valence-electron chi connectivity index (χ2n) is 9.59. The second-order valence-corrected chi connectivity index (χ2v) is 9.59. The van der Waals surface area contributed by atoms with E-state index in [0.29, 0.717) is 35.0 Å². The largest absolute Gasteiger partial charge is 0.489 e. The number of amides is 1. The Hall–Kier alpha value is -2.64. The molecule has 2 fully saturated rings. The topological polar surface area (TPSA) is 82.4 Å². The number of carbonyl (C=O) groups is 1. The average molecular weight is 428 g/mol. The molecule has 8 heteroatoms. The number of hydrogen-bond acceptors (Lipinski definition) is 6. The lowest BCUT2D eigenvalue weighted by Gasteiger charge is -2.22. The second kappa shape index (κ2) is 8.85. The summed E-state index contributed by atoms with van der Waals surface area (Å²) in [5.74, 6) is 1.31. The zero-order valence-corrected chi connectivity index (χ0v) is 19.0. The van der Waals surface area contributed by atoms with Crippen molar-refractivity contribution >= 4 is 6.09 Å². The predicted octanol–water partition coefficient (Wildman–Crippen LogP) is 4.20.